The number of morpholine rings is 1. The molecule has 136 valence electrons. The van der Waals surface area contributed by atoms with Crippen LogP contribution in [0.1, 0.15) is 22.3 Å². The van der Waals surface area contributed by atoms with Gasteiger partial charge < -0.3 is 18.5 Å². The highest BCUT2D eigenvalue weighted by Gasteiger charge is 2.22. The largest absolute Gasteiger partial charge is 0.464 e. The van der Waals surface area contributed by atoms with E-state index in [9.17, 15) is 9.59 Å². The van der Waals surface area contributed by atoms with E-state index in [4.69, 9.17) is 13.6 Å². The molecule has 6 nitrogen and oxygen atoms in total. The number of amides is 1. The van der Waals surface area contributed by atoms with Crippen LogP contribution >= 0.6 is 0 Å². The lowest BCUT2D eigenvalue weighted by atomic mass is 9.99. The zero-order chi connectivity index (χ0) is 18.4. The smallest absolute Gasteiger partial charge is 0.340 e. The summed E-state index contributed by atoms with van der Waals surface area (Å²) in [6, 6.07) is 1.98. The number of carbonyl (C=O) groups is 1. The molecule has 3 aromatic rings. The quantitative estimate of drug-likeness (QED) is 0.661. The lowest BCUT2D eigenvalue weighted by Gasteiger charge is -2.27. The molecule has 6 heteroatoms. The fraction of sp³-hybridized carbons (Fsp3) is 0.400. The van der Waals surface area contributed by atoms with Gasteiger partial charge >= 0.3 is 5.63 Å². The summed E-state index contributed by atoms with van der Waals surface area (Å²) in [5.74, 6) is -0.0691. The predicted octanol–water partition coefficient (Wildman–Crippen LogP) is 2.87. The highest BCUT2D eigenvalue weighted by molar-refractivity contribution is 6.00. The maximum Gasteiger partial charge on any atom is 0.340 e. The molecule has 0 radical (unpaired) electrons. The van der Waals surface area contributed by atoms with Crippen LogP contribution in [-0.4, -0.2) is 37.1 Å². The van der Waals surface area contributed by atoms with Crippen LogP contribution in [0.15, 0.2) is 26.0 Å². The Morgan fingerprint density at radius 1 is 1.08 bits per heavy atom. The zero-order valence-electron chi connectivity index (χ0n) is 15.2. The fourth-order valence-electron chi connectivity index (χ4n) is 3.60. The molecule has 0 saturated carbocycles. The Balaban J connectivity index is 1.82. The molecule has 1 saturated heterocycles. The highest BCUT2D eigenvalue weighted by Crippen LogP contribution is 2.32. The van der Waals surface area contributed by atoms with Gasteiger partial charge in [-0.15, -0.1) is 0 Å². The number of benzene rings is 1. The molecule has 1 fully saturated rings. The van der Waals surface area contributed by atoms with Crippen molar-refractivity contribution < 1.29 is 18.4 Å². The SMILES string of the molecule is Cc1coc2c(C)c3oc(=O)c(CC(=O)N4CCOCC4)c(C)c3cc12. The zero-order valence-corrected chi connectivity index (χ0v) is 15.2. The Morgan fingerprint density at radius 3 is 2.54 bits per heavy atom. The summed E-state index contributed by atoms with van der Waals surface area (Å²) in [6.07, 6.45) is 1.75. The molecule has 0 spiro atoms. The third-order valence-corrected chi connectivity index (χ3v) is 5.23. The van der Waals surface area contributed by atoms with Gasteiger partial charge in [0.1, 0.15) is 11.2 Å². The topological polar surface area (TPSA) is 72.9 Å². The van der Waals surface area contributed by atoms with E-state index >= 15 is 0 Å². The second-order valence-corrected chi connectivity index (χ2v) is 6.84. The van der Waals surface area contributed by atoms with Gasteiger partial charge in [-0.25, -0.2) is 4.79 Å². The second-order valence-electron chi connectivity index (χ2n) is 6.84. The Hall–Kier alpha value is -2.60. The first-order valence-electron chi connectivity index (χ1n) is 8.76. The van der Waals surface area contributed by atoms with E-state index in [1.807, 2.05) is 26.8 Å². The van der Waals surface area contributed by atoms with Crippen LogP contribution in [-0.2, 0) is 16.0 Å². The van der Waals surface area contributed by atoms with Gasteiger partial charge in [0.25, 0.3) is 0 Å². The van der Waals surface area contributed by atoms with Crippen LogP contribution < -0.4 is 5.63 Å². The van der Waals surface area contributed by atoms with E-state index in [-0.39, 0.29) is 12.3 Å². The Morgan fingerprint density at radius 2 is 1.81 bits per heavy atom. The van der Waals surface area contributed by atoms with Gasteiger partial charge in [-0.1, -0.05) is 0 Å². The van der Waals surface area contributed by atoms with E-state index < -0.39 is 5.63 Å². The number of furan rings is 1. The minimum atomic E-state index is -0.456. The first-order valence-corrected chi connectivity index (χ1v) is 8.76. The number of rotatable bonds is 2. The highest BCUT2D eigenvalue weighted by atomic mass is 16.5. The van der Waals surface area contributed by atoms with Crippen LogP contribution in [0.4, 0.5) is 0 Å². The summed E-state index contributed by atoms with van der Waals surface area (Å²) in [5.41, 5.74) is 3.85. The van der Waals surface area contributed by atoms with Crippen molar-refractivity contribution in [2.24, 2.45) is 0 Å². The van der Waals surface area contributed by atoms with Gasteiger partial charge in [0.2, 0.25) is 5.91 Å². The number of hydrogen-bond acceptors (Lipinski definition) is 5. The van der Waals surface area contributed by atoms with Crippen molar-refractivity contribution in [3.8, 4) is 0 Å². The first-order chi connectivity index (χ1) is 12.5. The van der Waals surface area contributed by atoms with Gasteiger partial charge in [0.15, 0.2) is 0 Å². The van der Waals surface area contributed by atoms with Gasteiger partial charge in [0.05, 0.1) is 31.5 Å². The number of fused-ring (bicyclic) bond motifs is 2. The van der Waals surface area contributed by atoms with E-state index in [0.29, 0.717) is 37.4 Å². The summed E-state index contributed by atoms with van der Waals surface area (Å²) in [5, 5.41) is 1.85. The molecule has 3 heterocycles. The monoisotopic (exact) mass is 355 g/mol. The molecule has 0 N–H and O–H groups in total. The third-order valence-electron chi connectivity index (χ3n) is 5.23. The van der Waals surface area contributed by atoms with Crippen molar-refractivity contribution in [3.05, 3.63) is 45.0 Å². The van der Waals surface area contributed by atoms with Gasteiger partial charge in [-0.2, -0.15) is 0 Å². The van der Waals surface area contributed by atoms with Crippen LogP contribution in [0.5, 0.6) is 0 Å². The second kappa shape index (κ2) is 6.29. The van der Waals surface area contributed by atoms with E-state index in [1.54, 1.807) is 11.2 Å². The number of hydrogen-bond donors (Lipinski definition) is 0. The van der Waals surface area contributed by atoms with E-state index in [0.717, 1.165) is 33.0 Å². The van der Waals surface area contributed by atoms with E-state index in [1.165, 1.54) is 0 Å². The minimum absolute atomic E-state index is 0.0472. The average Bonchev–Trinajstić information content (AvgIpc) is 3.02. The summed E-state index contributed by atoms with van der Waals surface area (Å²) in [6.45, 7) is 7.93. The number of nitrogens with zero attached hydrogens (tertiary/aromatic N) is 1. The normalized spacial score (nSPS) is 15.1. The minimum Gasteiger partial charge on any atom is -0.464 e. The van der Waals surface area contributed by atoms with Crippen molar-refractivity contribution >= 4 is 27.8 Å². The lowest BCUT2D eigenvalue weighted by Crippen LogP contribution is -2.42. The van der Waals surface area contributed by atoms with Crippen molar-refractivity contribution in [3.63, 3.8) is 0 Å². The van der Waals surface area contributed by atoms with Crippen molar-refractivity contribution in [1.29, 1.82) is 0 Å². The van der Waals surface area contributed by atoms with Gasteiger partial charge in [-0.05, 0) is 38.0 Å². The lowest BCUT2D eigenvalue weighted by molar-refractivity contribution is -0.134. The molecule has 4 rings (SSSR count). The third kappa shape index (κ3) is 2.61. The molecular weight excluding hydrogens is 334 g/mol. The molecule has 0 bridgehead atoms. The van der Waals surface area contributed by atoms with Gasteiger partial charge in [0, 0.05) is 29.4 Å². The van der Waals surface area contributed by atoms with Gasteiger partial charge in [-0.3, -0.25) is 4.79 Å². The maximum absolute atomic E-state index is 12.6. The Labute approximate surface area is 150 Å². The van der Waals surface area contributed by atoms with Crippen molar-refractivity contribution in [1.82, 2.24) is 4.90 Å². The van der Waals surface area contributed by atoms with Crippen molar-refractivity contribution in [2.45, 2.75) is 27.2 Å². The maximum atomic E-state index is 12.6. The summed E-state index contributed by atoms with van der Waals surface area (Å²) >= 11 is 0. The summed E-state index contributed by atoms with van der Waals surface area (Å²) in [4.78, 5) is 26.9. The van der Waals surface area contributed by atoms with Crippen LogP contribution in [0, 0.1) is 20.8 Å². The number of aryl methyl sites for hydroxylation is 3. The first kappa shape index (κ1) is 16.8. The van der Waals surface area contributed by atoms with Crippen LogP contribution in [0.25, 0.3) is 21.9 Å². The van der Waals surface area contributed by atoms with Crippen molar-refractivity contribution in [2.75, 3.05) is 26.3 Å². The number of ether oxygens (including phenoxy) is 1. The molecule has 1 amide bonds. The standard InChI is InChI=1S/C20H21NO5/c1-11-10-25-18-13(3)19-15(8-14(11)18)12(2)16(20(23)26-19)9-17(22)21-4-6-24-7-5-21/h8,10H,4-7,9H2,1-3H3. The molecule has 2 aromatic heterocycles. The molecule has 1 aliphatic rings. The van der Waals surface area contributed by atoms with Crippen LogP contribution in [0.3, 0.4) is 0 Å². The molecule has 26 heavy (non-hydrogen) atoms. The molecule has 1 aliphatic heterocycles. The number of carbonyl (C=O) groups excluding carboxylic acids is 1. The Bertz CT molecular complexity index is 1070. The predicted molar refractivity (Wildman–Crippen MR) is 97.6 cm³/mol. The van der Waals surface area contributed by atoms with E-state index in [2.05, 4.69) is 0 Å². The van der Waals surface area contributed by atoms with Crippen LogP contribution in [0.2, 0.25) is 0 Å². The molecule has 1 aromatic carbocycles. The molecule has 0 aliphatic carbocycles. The fourth-order valence-corrected chi connectivity index (χ4v) is 3.60. The summed E-state index contributed by atoms with van der Waals surface area (Å²) in [7, 11) is 0. The molecule has 0 atom stereocenters. The molecular formula is C20H21NO5. The average molecular weight is 355 g/mol. The summed E-state index contributed by atoms with van der Waals surface area (Å²) < 4.78 is 16.5. The molecule has 0 unspecified atom stereocenters. The Kier molecular flexibility index (Phi) is 4.07.